The molecule has 1 fully saturated rings. The fourth-order valence-corrected chi connectivity index (χ4v) is 3.61. The van der Waals surface area contributed by atoms with Crippen molar-refractivity contribution in [3.05, 3.63) is 42.1 Å². The van der Waals surface area contributed by atoms with E-state index < -0.39 is 34.3 Å². The zero-order chi connectivity index (χ0) is 21.6. The largest absolute Gasteiger partial charge is 0.496 e. The summed E-state index contributed by atoms with van der Waals surface area (Å²) in [5, 5.41) is 0. The second-order valence-corrected chi connectivity index (χ2v) is 10.4. The summed E-state index contributed by atoms with van der Waals surface area (Å²) in [5.74, 6) is 0.617. The Kier molecular flexibility index (Phi) is 5.44. The van der Waals surface area contributed by atoms with Crippen LogP contribution in [0, 0.1) is 0 Å². The Morgan fingerprint density at radius 1 is 1.14 bits per heavy atom. The molecular formula is C20H27BN2O5S. The number of rotatable bonds is 5. The van der Waals surface area contributed by atoms with Crippen LogP contribution in [0.4, 0.5) is 5.82 Å². The van der Waals surface area contributed by atoms with Crippen molar-refractivity contribution in [1.82, 2.24) is 4.98 Å². The molecule has 1 aromatic heterocycles. The first kappa shape index (κ1) is 21.6. The van der Waals surface area contributed by atoms with E-state index >= 15 is 0 Å². The molecule has 1 saturated heterocycles. The van der Waals surface area contributed by atoms with Crippen LogP contribution in [0.2, 0.25) is 0 Å². The second-order valence-electron chi connectivity index (χ2n) is 8.35. The number of ether oxygens (including phenoxy) is 1. The second kappa shape index (κ2) is 7.30. The van der Waals surface area contributed by atoms with Crippen LogP contribution >= 0.6 is 0 Å². The lowest BCUT2D eigenvalue weighted by atomic mass is 9.80. The maximum atomic E-state index is 11.8. The van der Waals surface area contributed by atoms with Crippen molar-refractivity contribution in [2.75, 3.05) is 12.0 Å². The highest BCUT2D eigenvalue weighted by atomic mass is 32.2. The summed E-state index contributed by atoms with van der Waals surface area (Å²) in [6.07, 6.45) is 2.35. The molecule has 3 rings (SSSR count). The highest BCUT2D eigenvalue weighted by Gasteiger charge is 2.52. The summed E-state index contributed by atoms with van der Waals surface area (Å²) in [5.41, 5.74) is 6.48. The first-order chi connectivity index (χ1) is 13.3. The lowest BCUT2D eigenvalue weighted by Crippen LogP contribution is -2.41. The molecule has 0 amide bonds. The molecule has 1 aliphatic rings. The van der Waals surface area contributed by atoms with Gasteiger partial charge in [-0.25, -0.2) is 13.4 Å². The number of aromatic nitrogens is 1. The minimum absolute atomic E-state index is 0.233. The standard InChI is InChI=1S/C20H27BN2O5S/c1-13(14-8-7-9-16(10-14)29(6,24)25)26-17-11-15(12-23-18(17)22)21-27-19(2,3)20(4,5)28-21/h7-13H,1-6H3,(H2,22,23)/t13-/m1/s1. The summed E-state index contributed by atoms with van der Waals surface area (Å²) >= 11 is 0. The van der Waals surface area contributed by atoms with Crippen molar-refractivity contribution in [2.45, 2.75) is 56.8 Å². The molecule has 0 saturated carbocycles. The molecule has 0 radical (unpaired) electrons. The SMILES string of the molecule is C[C@@H](Oc1cc(B2OC(C)(C)C(C)(C)O2)cnc1N)c1cccc(S(C)(=O)=O)c1. The predicted molar refractivity (Wildman–Crippen MR) is 113 cm³/mol. The Bertz CT molecular complexity index is 1010. The van der Waals surface area contributed by atoms with E-state index in [0.29, 0.717) is 16.8 Å². The number of hydrogen-bond acceptors (Lipinski definition) is 7. The highest BCUT2D eigenvalue weighted by molar-refractivity contribution is 7.90. The van der Waals surface area contributed by atoms with Gasteiger partial charge in [0.1, 0.15) is 6.10 Å². The van der Waals surface area contributed by atoms with Crippen molar-refractivity contribution in [3.63, 3.8) is 0 Å². The van der Waals surface area contributed by atoms with E-state index in [2.05, 4.69) is 4.98 Å². The van der Waals surface area contributed by atoms with Gasteiger partial charge < -0.3 is 19.8 Å². The monoisotopic (exact) mass is 418 g/mol. The van der Waals surface area contributed by atoms with E-state index in [0.717, 1.165) is 0 Å². The van der Waals surface area contributed by atoms with Gasteiger partial charge in [-0.1, -0.05) is 12.1 Å². The Morgan fingerprint density at radius 3 is 2.34 bits per heavy atom. The number of nitrogens with two attached hydrogens (primary N) is 1. The summed E-state index contributed by atoms with van der Waals surface area (Å²) in [6.45, 7) is 9.73. The lowest BCUT2D eigenvalue weighted by Gasteiger charge is -2.32. The van der Waals surface area contributed by atoms with Gasteiger partial charge in [0.2, 0.25) is 0 Å². The molecule has 0 unspecified atom stereocenters. The minimum Gasteiger partial charge on any atom is -0.482 e. The van der Waals surface area contributed by atoms with E-state index in [9.17, 15) is 8.42 Å². The van der Waals surface area contributed by atoms with Crippen molar-refractivity contribution in [1.29, 1.82) is 0 Å². The molecule has 2 N–H and O–H groups in total. The molecule has 2 heterocycles. The smallest absolute Gasteiger partial charge is 0.482 e. The third kappa shape index (κ3) is 4.41. The molecule has 1 atom stereocenters. The number of pyridine rings is 1. The lowest BCUT2D eigenvalue weighted by molar-refractivity contribution is 0.00578. The maximum absolute atomic E-state index is 11.8. The number of anilines is 1. The van der Waals surface area contributed by atoms with Crippen LogP contribution in [0.15, 0.2) is 41.4 Å². The number of nitrogens with zero attached hydrogens (tertiary/aromatic N) is 1. The topological polar surface area (TPSA) is 101 Å². The van der Waals surface area contributed by atoms with Gasteiger partial charge in [0, 0.05) is 17.9 Å². The van der Waals surface area contributed by atoms with E-state index in [4.69, 9.17) is 19.8 Å². The number of benzene rings is 1. The molecule has 1 aromatic carbocycles. The number of nitrogen functional groups attached to an aromatic ring is 1. The molecule has 0 spiro atoms. The van der Waals surface area contributed by atoms with Gasteiger partial charge in [-0.3, -0.25) is 0 Å². The van der Waals surface area contributed by atoms with Crippen LogP contribution in [0.25, 0.3) is 0 Å². The van der Waals surface area contributed by atoms with Crippen LogP contribution in [-0.4, -0.2) is 38.0 Å². The molecule has 156 valence electrons. The van der Waals surface area contributed by atoms with Crippen LogP contribution in [0.1, 0.15) is 46.3 Å². The molecule has 0 bridgehead atoms. The first-order valence-electron chi connectivity index (χ1n) is 9.38. The molecular weight excluding hydrogens is 391 g/mol. The van der Waals surface area contributed by atoms with Crippen LogP contribution in [0.5, 0.6) is 5.75 Å². The number of hydrogen-bond donors (Lipinski definition) is 1. The van der Waals surface area contributed by atoms with Crippen LogP contribution < -0.4 is 15.9 Å². The Hall–Kier alpha value is -2.10. The zero-order valence-electron chi connectivity index (χ0n) is 17.6. The molecule has 1 aliphatic heterocycles. The van der Waals surface area contributed by atoms with Crippen molar-refractivity contribution >= 4 is 28.2 Å². The van der Waals surface area contributed by atoms with Gasteiger partial charge in [0.15, 0.2) is 21.4 Å². The van der Waals surface area contributed by atoms with Gasteiger partial charge in [0.25, 0.3) is 0 Å². The molecule has 2 aromatic rings. The van der Waals surface area contributed by atoms with Gasteiger partial charge in [-0.2, -0.15) is 0 Å². The minimum atomic E-state index is -3.31. The normalized spacial score (nSPS) is 19.2. The quantitative estimate of drug-likeness (QED) is 0.745. The first-order valence-corrected chi connectivity index (χ1v) is 11.3. The molecule has 7 nitrogen and oxygen atoms in total. The van der Waals surface area contributed by atoms with Gasteiger partial charge in [0.05, 0.1) is 16.1 Å². The fraction of sp³-hybridized carbons (Fsp3) is 0.450. The Morgan fingerprint density at radius 2 is 1.76 bits per heavy atom. The van der Waals surface area contributed by atoms with Gasteiger partial charge >= 0.3 is 7.12 Å². The van der Waals surface area contributed by atoms with E-state index in [1.54, 1.807) is 36.5 Å². The van der Waals surface area contributed by atoms with Crippen LogP contribution in [-0.2, 0) is 19.1 Å². The molecule has 29 heavy (non-hydrogen) atoms. The summed E-state index contributed by atoms with van der Waals surface area (Å²) in [6, 6.07) is 8.40. The zero-order valence-corrected chi connectivity index (χ0v) is 18.4. The summed E-state index contributed by atoms with van der Waals surface area (Å²) in [7, 11) is -3.89. The Balaban J connectivity index is 1.85. The van der Waals surface area contributed by atoms with E-state index in [1.165, 1.54) is 6.26 Å². The highest BCUT2D eigenvalue weighted by Crippen LogP contribution is 2.37. The average molecular weight is 418 g/mol. The van der Waals surface area contributed by atoms with Gasteiger partial charge in [-0.05, 0) is 58.4 Å². The third-order valence-electron chi connectivity index (χ3n) is 5.49. The van der Waals surface area contributed by atoms with Gasteiger partial charge in [-0.15, -0.1) is 0 Å². The Labute approximate surface area is 172 Å². The van der Waals surface area contributed by atoms with Crippen molar-refractivity contribution in [2.24, 2.45) is 0 Å². The summed E-state index contributed by atoms with van der Waals surface area (Å²) < 4.78 is 41.8. The average Bonchev–Trinajstić information content (AvgIpc) is 2.84. The molecule has 9 heteroatoms. The predicted octanol–water partition coefficient (Wildman–Crippen LogP) is 2.51. The van der Waals surface area contributed by atoms with Crippen LogP contribution in [0.3, 0.4) is 0 Å². The maximum Gasteiger partial charge on any atom is 0.496 e. The van der Waals surface area contributed by atoms with E-state index in [-0.39, 0.29) is 10.7 Å². The third-order valence-corrected chi connectivity index (χ3v) is 6.60. The summed E-state index contributed by atoms with van der Waals surface area (Å²) in [4.78, 5) is 4.46. The van der Waals surface area contributed by atoms with Crippen molar-refractivity contribution in [3.8, 4) is 5.75 Å². The van der Waals surface area contributed by atoms with E-state index in [1.807, 2.05) is 34.6 Å². The molecule has 0 aliphatic carbocycles. The fourth-order valence-electron chi connectivity index (χ4n) is 2.93. The number of sulfone groups is 1. The van der Waals surface area contributed by atoms with Crippen molar-refractivity contribution < 1.29 is 22.5 Å².